The number of hydrogen-bond acceptors (Lipinski definition) is 3. The van der Waals surface area contributed by atoms with Gasteiger partial charge in [-0.3, -0.25) is 4.72 Å². The highest BCUT2D eigenvalue weighted by molar-refractivity contribution is 7.92. The van der Waals surface area contributed by atoms with E-state index in [0.29, 0.717) is 31.0 Å². The Kier molecular flexibility index (Phi) is 5.10. The van der Waals surface area contributed by atoms with Crippen molar-refractivity contribution in [1.29, 1.82) is 0 Å². The quantitative estimate of drug-likeness (QED) is 0.571. The molecule has 4 nitrogen and oxygen atoms in total. The van der Waals surface area contributed by atoms with Gasteiger partial charge < -0.3 is 5.32 Å². The second-order valence-corrected chi connectivity index (χ2v) is 6.94. The van der Waals surface area contributed by atoms with Crippen molar-refractivity contribution in [3.8, 4) is 0 Å². The summed E-state index contributed by atoms with van der Waals surface area (Å²) in [6.07, 6.45) is 3.41. The first-order valence-electron chi connectivity index (χ1n) is 6.76. The molecule has 118 valence electrons. The topological polar surface area (TPSA) is 58.2 Å². The summed E-state index contributed by atoms with van der Waals surface area (Å²) in [6.45, 7) is 0.736. The van der Waals surface area contributed by atoms with E-state index < -0.39 is 33.2 Å². The van der Waals surface area contributed by atoms with Crippen molar-refractivity contribution in [3.05, 3.63) is 29.6 Å². The van der Waals surface area contributed by atoms with Gasteiger partial charge in [-0.2, -0.15) is 0 Å². The number of rotatable bonds is 8. The van der Waals surface area contributed by atoms with Gasteiger partial charge in [0, 0.05) is 18.2 Å². The lowest BCUT2D eigenvalue weighted by atomic mass is 10.3. The average Bonchev–Trinajstić information content (AvgIpc) is 3.19. The maximum atomic E-state index is 13.4. The molecule has 1 fully saturated rings. The van der Waals surface area contributed by atoms with Crippen molar-refractivity contribution in [2.24, 2.45) is 0 Å². The molecule has 0 bridgehead atoms. The van der Waals surface area contributed by atoms with Crippen LogP contribution in [0.2, 0.25) is 0 Å². The molecule has 2 rings (SSSR count). The first-order valence-corrected chi connectivity index (χ1v) is 8.41. The summed E-state index contributed by atoms with van der Waals surface area (Å²) >= 11 is 0. The van der Waals surface area contributed by atoms with Gasteiger partial charge in [-0.25, -0.2) is 21.6 Å². The van der Waals surface area contributed by atoms with Gasteiger partial charge in [0.15, 0.2) is 11.6 Å². The largest absolute Gasteiger partial charge is 0.314 e. The molecule has 0 aromatic heterocycles. The van der Waals surface area contributed by atoms with Crippen LogP contribution in [0.3, 0.4) is 0 Å². The van der Waals surface area contributed by atoms with E-state index in [1.54, 1.807) is 0 Å². The summed E-state index contributed by atoms with van der Waals surface area (Å²) in [6, 6.07) is 1.37. The van der Waals surface area contributed by atoms with E-state index in [2.05, 4.69) is 5.32 Å². The van der Waals surface area contributed by atoms with Crippen molar-refractivity contribution in [2.75, 3.05) is 17.0 Å². The Hall–Kier alpha value is -1.28. The van der Waals surface area contributed by atoms with Crippen LogP contribution in [-0.2, 0) is 10.0 Å². The zero-order valence-electron chi connectivity index (χ0n) is 11.3. The number of sulfonamides is 1. The van der Waals surface area contributed by atoms with Crippen LogP contribution in [0.5, 0.6) is 0 Å². The van der Waals surface area contributed by atoms with E-state index in [1.165, 1.54) is 0 Å². The zero-order chi connectivity index (χ0) is 15.5. The molecular weight excluding hydrogens is 305 g/mol. The molecule has 0 atom stereocenters. The molecule has 1 aromatic rings. The lowest BCUT2D eigenvalue weighted by molar-refractivity contribution is 0.496. The fourth-order valence-corrected chi connectivity index (χ4v) is 3.01. The third-order valence-electron chi connectivity index (χ3n) is 3.13. The van der Waals surface area contributed by atoms with Crippen LogP contribution in [0.25, 0.3) is 0 Å². The molecule has 0 saturated heterocycles. The molecular formula is C13H17F3N2O2S. The highest BCUT2D eigenvalue weighted by Crippen LogP contribution is 2.20. The Morgan fingerprint density at radius 2 is 1.71 bits per heavy atom. The third kappa shape index (κ3) is 5.20. The third-order valence-corrected chi connectivity index (χ3v) is 4.48. The van der Waals surface area contributed by atoms with E-state index in [4.69, 9.17) is 0 Å². The van der Waals surface area contributed by atoms with Crippen LogP contribution in [0.1, 0.15) is 25.7 Å². The lowest BCUT2D eigenvalue weighted by Crippen LogP contribution is -2.21. The molecule has 0 spiro atoms. The molecule has 21 heavy (non-hydrogen) atoms. The monoisotopic (exact) mass is 322 g/mol. The summed E-state index contributed by atoms with van der Waals surface area (Å²) in [5.41, 5.74) is -0.579. The molecule has 0 amide bonds. The van der Waals surface area contributed by atoms with Crippen molar-refractivity contribution in [3.63, 3.8) is 0 Å². The number of unbranched alkanes of at least 4 members (excludes halogenated alkanes) is 1. The van der Waals surface area contributed by atoms with Crippen molar-refractivity contribution in [1.82, 2.24) is 5.32 Å². The van der Waals surface area contributed by atoms with Crippen LogP contribution in [0, 0.1) is 17.5 Å². The Morgan fingerprint density at radius 1 is 1.05 bits per heavy atom. The molecule has 0 unspecified atom stereocenters. The minimum atomic E-state index is -3.78. The zero-order valence-corrected chi connectivity index (χ0v) is 12.1. The fourth-order valence-electron chi connectivity index (χ4n) is 1.83. The predicted molar refractivity (Wildman–Crippen MR) is 74.0 cm³/mol. The summed E-state index contributed by atoms with van der Waals surface area (Å²) in [4.78, 5) is 0. The standard InChI is InChI=1S/C13H17F3N2O2S/c14-10-7-12(16)13(8-11(10)15)18-21(19,20)6-2-1-5-17-9-3-4-9/h7-9,17-18H,1-6H2. The highest BCUT2D eigenvalue weighted by Gasteiger charge is 2.20. The molecule has 0 radical (unpaired) electrons. The molecule has 1 aliphatic carbocycles. The van der Waals surface area contributed by atoms with Crippen LogP contribution in [0.15, 0.2) is 12.1 Å². The number of anilines is 1. The van der Waals surface area contributed by atoms with Crippen LogP contribution >= 0.6 is 0 Å². The van der Waals surface area contributed by atoms with E-state index >= 15 is 0 Å². The Balaban J connectivity index is 1.83. The van der Waals surface area contributed by atoms with Crippen molar-refractivity contribution < 1.29 is 21.6 Å². The van der Waals surface area contributed by atoms with Gasteiger partial charge in [-0.15, -0.1) is 0 Å². The van der Waals surface area contributed by atoms with E-state index in [1.807, 2.05) is 4.72 Å². The number of benzene rings is 1. The number of nitrogens with one attached hydrogen (secondary N) is 2. The normalized spacial score (nSPS) is 15.2. The maximum Gasteiger partial charge on any atom is 0.232 e. The van der Waals surface area contributed by atoms with Gasteiger partial charge in [-0.05, 0) is 32.2 Å². The number of hydrogen-bond donors (Lipinski definition) is 2. The minimum Gasteiger partial charge on any atom is -0.314 e. The van der Waals surface area contributed by atoms with Gasteiger partial charge in [0.05, 0.1) is 11.4 Å². The summed E-state index contributed by atoms with van der Waals surface area (Å²) in [5, 5.41) is 3.25. The van der Waals surface area contributed by atoms with Crippen LogP contribution in [-0.4, -0.2) is 26.8 Å². The predicted octanol–water partition coefficient (Wildman–Crippen LogP) is 2.38. The lowest BCUT2D eigenvalue weighted by Gasteiger charge is -2.09. The average molecular weight is 322 g/mol. The Labute approximate surface area is 121 Å². The van der Waals surface area contributed by atoms with E-state index in [0.717, 1.165) is 19.4 Å². The van der Waals surface area contributed by atoms with Gasteiger partial charge in [-0.1, -0.05) is 0 Å². The smallest absolute Gasteiger partial charge is 0.232 e. The maximum absolute atomic E-state index is 13.4. The molecule has 1 aromatic carbocycles. The second-order valence-electron chi connectivity index (χ2n) is 5.10. The first-order chi connectivity index (χ1) is 9.87. The number of halogens is 3. The SMILES string of the molecule is O=S(=O)(CCCCNC1CC1)Nc1cc(F)c(F)cc1F. The molecule has 1 aliphatic rings. The highest BCUT2D eigenvalue weighted by atomic mass is 32.2. The van der Waals surface area contributed by atoms with E-state index in [-0.39, 0.29) is 5.75 Å². The van der Waals surface area contributed by atoms with E-state index in [9.17, 15) is 21.6 Å². The van der Waals surface area contributed by atoms with Crippen LogP contribution < -0.4 is 10.0 Å². The van der Waals surface area contributed by atoms with Gasteiger partial charge in [0.2, 0.25) is 10.0 Å². The van der Waals surface area contributed by atoms with Crippen LogP contribution in [0.4, 0.5) is 18.9 Å². The molecule has 8 heteroatoms. The van der Waals surface area contributed by atoms with Gasteiger partial charge in [0.1, 0.15) is 5.82 Å². The van der Waals surface area contributed by atoms with Crippen molar-refractivity contribution >= 4 is 15.7 Å². The summed E-state index contributed by atoms with van der Waals surface area (Å²) in [5.74, 6) is -4.00. The molecule has 0 heterocycles. The minimum absolute atomic E-state index is 0.197. The molecule has 1 saturated carbocycles. The Bertz CT molecular complexity index is 604. The molecule has 2 N–H and O–H groups in total. The van der Waals surface area contributed by atoms with Gasteiger partial charge >= 0.3 is 0 Å². The summed E-state index contributed by atoms with van der Waals surface area (Å²) in [7, 11) is -3.78. The van der Waals surface area contributed by atoms with Gasteiger partial charge in [0.25, 0.3) is 0 Å². The summed E-state index contributed by atoms with van der Waals surface area (Å²) < 4.78 is 64.5. The first kappa shape index (κ1) is 16.1. The molecule has 0 aliphatic heterocycles. The second kappa shape index (κ2) is 6.65. The van der Waals surface area contributed by atoms with Crippen molar-refractivity contribution in [2.45, 2.75) is 31.7 Å². The fraction of sp³-hybridized carbons (Fsp3) is 0.538. The Morgan fingerprint density at radius 3 is 2.38 bits per heavy atom.